The first-order valence-electron chi connectivity index (χ1n) is 8.02. The summed E-state index contributed by atoms with van der Waals surface area (Å²) in [5.41, 5.74) is 10.8. The minimum absolute atomic E-state index is 0.505. The van der Waals surface area contributed by atoms with E-state index in [1.807, 2.05) is 24.3 Å². The predicted octanol–water partition coefficient (Wildman–Crippen LogP) is 3.86. The van der Waals surface area contributed by atoms with Gasteiger partial charge in [-0.05, 0) is 49.2 Å². The summed E-state index contributed by atoms with van der Waals surface area (Å²) in [4.78, 5) is 0. The van der Waals surface area contributed by atoms with Crippen molar-refractivity contribution in [2.45, 2.75) is 19.3 Å². The van der Waals surface area contributed by atoms with Gasteiger partial charge in [0.15, 0.2) is 5.11 Å². The summed E-state index contributed by atoms with van der Waals surface area (Å²) in [6.07, 6.45) is 5.53. The second-order valence-electron chi connectivity index (χ2n) is 5.60. The van der Waals surface area contributed by atoms with Gasteiger partial charge in [0.2, 0.25) is 0 Å². The zero-order valence-corrected chi connectivity index (χ0v) is 14.5. The molecule has 0 atom stereocenters. The Morgan fingerprint density at radius 1 is 1.12 bits per heavy atom. The predicted molar refractivity (Wildman–Crippen MR) is 103 cm³/mol. The highest BCUT2D eigenvalue weighted by Crippen LogP contribution is 2.23. The molecule has 24 heavy (non-hydrogen) atoms. The fourth-order valence-corrected chi connectivity index (χ4v) is 2.92. The van der Waals surface area contributed by atoms with Gasteiger partial charge in [0.25, 0.3) is 0 Å². The quantitative estimate of drug-likeness (QED) is 0.583. The molecule has 5 heteroatoms. The van der Waals surface area contributed by atoms with Crippen molar-refractivity contribution in [2.24, 2.45) is 0 Å². The van der Waals surface area contributed by atoms with Crippen molar-refractivity contribution in [1.82, 2.24) is 10.9 Å². The molecule has 124 valence electrons. The van der Waals surface area contributed by atoms with Crippen LogP contribution < -0.4 is 20.9 Å². The van der Waals surface area contributed by atoms with Crippen LogP contribution in [0.2, 0.25) is 0 Å². The van der Waals surface area contributed by atoms with Crippen molar-refractivity contribution in [2.75, 3.05) is 12.4 Å². The number of hydrogen-bond donors (Lipinski definition) is 3. The highest BCUT2D eigenvalue weighted by molar-refractivity contribution is 7.80. The molecule has 0 heterocycles. The molecule has 0 spiro atoms. The van der Waals surface area contributed by atoms with Gasteiger partial charge in [0, 0.05) is 17.3 Å². The number of allylic oxidation sites excluding steroid dienone is 1. The van der Waals surface area contributed by atoms with E-state index < -0.39 is 0 Å². The first-order chi connectivity index (χ1) is 11.8. The lowest BCUT2D eigenvalue weighted by Crippen LogP contribution is -2.39. The lowest BCUT2D eigenvalue weighted by atomic mass is 10.0. The summed E-state index contributed by atoms with van der Waals surface area (Å²) in [5, 5.41) is 3.65. The van der Waals surface area contributed by atoms with E-state index >= 15 is 0 Å². The molecule has 0 fully saturated rings. The van der Waals surface area contributed by atoms with Gasteiger partial charge in [-0.2, -0.15) is 0 Å². The molecule has 0 aliphatic heterocycles. The van der Waals surface area contributed by atoms with Gasteiger partial charge in [0.1, 0.15) is 5.75 Å². The number of aryl methyl sites for hydroxylation is 1. The van der Waals surface area contributed by atoms with E-state index in [4.69, 9.17) is 17.0 Å². The molecule has 0 amide bonds. The SMILES string of the molecule is COc1cccc(NC(=S)NNC2=CCCCc3ccccc32)c1. The molecular weight excluding hydrogens is 318 g/mol. The molecule has 0 saturated heterocycles. The van der Waals surface area contributed by atoms with E-state index in [0.29, 0.717) is 5.11 Å². The fraction of sp³-hybridized carbons (Fsp3) is 0.211. The van der Waals surface area contributed by atoms with Gasteiger partial charge >= 0.3 is 0 Å². The minimum Gasteiger partial charge on any atom is -0.497 e. The average molecular weight is 339 g/mol. The molecule has 0 saturated carbocycles. The molecule has 4 nitrogen and oxygen atoms in total. The Labute approximate surface area is 147 Å². The smallest absolute Gasteiger partial charge is 0.189 e. The fourth-order valence-electron chi connectivity index (χ4n) is 2.76. The second kappa shape index (κ2) is 7.84. The molecule has 1 aliphatic carbocycles. The largest absolute Gasteiger partial charge is 0.497 e. The van der Waals surface area contributed by atoms with E-state index in [2.05, 4.69) is 46.5 Å². The number of fused-ring (bicyclic) bond motifs is 1. The molecule has 0 aromatic heterocycles. The molecular formula is C19H21N3OS. The van der Waals surface area contributed by atoms with Crippen LogP contribution in [0.1, 0.15) is 24.0 Å². The molecule has 0 unspecified atom stereocenters. The van der Waals surface area contributed by atoms with Crippen molar-refractivity contribution in [3.8, 4) is 5.75 Å². The molecule has 1 aliphatic rings. The van der Waals surface area contributed by atoms with E-state index in [0.717, 1.165) is 36.4 Å². The van der Waals surface area contributed by atoms with Crippen molar-refractivity contribution in [3.05, 3.63) is 65.7 Å². The molecule has 2 aromatic carbocycles. The summed E-state index contributed by atoms with van der Waals surface area (Å²) in [7, 11) is 1.65. The van der Waals surface area contributed by atoms with Gasteiger partial charge in [-0.3, -0.25) is 10.9 Å². The topological polar surface area (TPSA) is 45.3 Å². The monoisotopic (exact) mass is 339 g/mol. The van der Waals surface area contributed by atoms with E-state index in [1.165, 1.54) is 11.1 Å². The van der Waals surface area contributed by atoms with Crippen LogP contribution in [0.4, 0.5) is 5.69 Å². The highest BCUT2D eigenvalue weighted by atomic mass is 32.1. The Balaban J connectivity index is 1.63. The van der Waals surface area contributed by atoms with Crippen LogP contribution in [0, 0.1) is 0 Å². The number of rotatable bonds is 4. The van der Waals surface area contributed by atoms with E-state index in [1.54, 1.807) is 7.11 Å². The zero-order chi connectivity index (χ0) is 16.8. The number of methoxy groups -OCH3 is 1. The van der Waals surface area contributed by atoms with Crippen LogP contribution in [-0.4, -0.2) is 12.2 Å². The van der Waals surface area contributed by atoms with Crippen LogP contribution in [0.3, 0.4) is 0 Å². The number of hydrazine groups is 1. The van der Waals surface area contributed by atoms with Gasteiger partial charge < -0.3 is 10.1 Å². The normalized spacial score (nSPS) is 13.1. The van der Waals surface area contributed by atoms with E-state index in [-0.39, 0.29) is 0 Å². The Morgan fingerprint density at radius 2 is 2.00 bits per heavy atom. The maximum atomic E-state index is 5.36. The Morgan fingerprint density at radius 3 is 2.88 bits per heavy atom. The third-order valence-corrected chi connectivity index (χ3v) is 4.15. The van der Waals surface area contributed by atoms with Crippen LogP contribution in [0.5, 0.6) is 5.75 Å². The van der Waals surface area contributed by atoms with Crippen LogP contribution in [0.15, 0.2) is 54.6 Å². The molecule has 3 N–H and O–H groups in total. The maximum Gasteiger partial charge on any atom is 0.189 e. The van der Waals surface area contributed by atoms with Crippen molar-refractivity contribution in [3.63, 3.8) is 0 Å². The molecule has 2 aromatic rings. The lowest BCUT2D eigenvalue weighted by molar-refractivity contribution is 0.415. The first-order valence-corrected chi connectivity index (χ1v) is 8.42. The Kier molecular flexibility index (Phi) is 5.33. The van der Waals surface area contributed by atoms with Gasteiger partial charge in [-0.25, -0.2) is 0 Å². The van der Waals surface area contributed by atoms with Crippen LogP contribution in [0.25, 0.3) is 5.70 Å². The lowest BCUT2D eigenvalue weighted by Gasteiger charge is -2.16. The Hall–Kier alpha value is -2.53. The number of nitrogens with one attached hydrogen (secondary N) is 3. The third kappa shape index (κ3) is 4.06. The van der Waals surface area contributed by atoms with Gasteiger partial charge in [-0.1, -0.05) is 36.4 Å². The number of anilines is 1. The standard InChI is InChI=1S/C19H21N3OS/c1-23-16-10-6-9-15(13-16)20-19(24)22-21-18-12-5-3-8-14-7-2-4-11-17(14)18/h2,4,6-7,9-13,21H,3,5,8H2,1H3,(H2,20,22,24). The minimum atomic E-state index is 0.505. The van der Waals surface area contributed by atoms with Crippen molar-refractivity contribution >= 4 is 28.7 Å². The maximum absolute atomic E-state index is 5.36. The Bertz CT molecular complexity index is 758. The van der Waals surface area contributed by atoms with Crippen LogP contribution in [-0.2, 0) is 6.42 Å². The summed E-state index contributed by atoms with van der Waals surface area (Å²) in [6.45, 7) is 0. The van der Waals surface area contributed by atoms with Gasteiger partial charge in [0.05, 0.1) is 12.8 Å². The van der Waals surface area contributed by atoms with E-state index in [9.17, 15) is 0 Å². The average Bonchev–Trinajstić information content (AvgIpc) is 2.82. The van der Waals surface area contributed by atoms with Gasteiger partial charge in [-0.15, -0.1) is 0 Å². The summed E-state index contributed by atoms with van der Waals surface area (Å²) < 4.78 is 5.22. The zero-order valence-electron chi connectivity index (χ0n) is 13.6. The number of ether oxygens (including phenoxy) is 1. The summed E-state index contributed by atoms with van der Waals surface area (Å²) in [5.74, 6) is 0.788. The van der Waals surface area contributed by atoms with Crippen molar-refractivity contribution < 1.29 is 4.74 Å². The molecule has 0 bridgehead atoms. The summed E-state index contributed by atoms with van der Waals surface area (Å²) >= 11 is 5.36. The second-order valence-corrected chi connectivity index (χ2v) is 6.01. The molecule has 3 rings (SSSR count). The van der Waals surface area contributed by atoms with Crippen LogP contribution >= 0.6 is 12.2 Å². The number of thiocarbonyl (C=S) groups is 1. The van der Waals surface area contributed by atoms with Crippen molar-refractivity contribution in [1.29, 1.82) is 0 Å². The molecule has 0 radical (unpaired) electrons. The summed E-state index contributed by atoms with van der Waals surface area (Å²) in [6, 6.07) is 16.1. The number of benzene rings is 2. The third-order valence-electron chi connectivity index (χ3n) is 3.94. The highest BCUT2D eigenvalue weighted by Gasteiger charge is 2.10. The number of hydrogen-bond acceptors (Lipinski definition) is 3. The first kappa shape index (κ1) is 16.3.